The van der Waals surface area contributed by atoms with Crippen LogP contribution in [0.2, 0.25) is 10.0 Å². The van der Waals surface area contributed by atoms with Crippen LogP contribution < -0.4 is 15.0 Å². The van der Waals surface area contributed by atoms with Gasteiger partial charge in [0, 0.05) is 5.02 Å². The molecule has 3 rings (SSSR count). The van der Waals surface area contributed by atoms with Crippen molar-refractivity contribution in [3.8, 4) is 5.75 Å². The summed E-state index contributed by atoms with van der Waals surface area (Å²) in [5, 5.41) is 12.4. The highest BCUT2D eigenvalue weighted by Gasteiger charge is 2.33. The van der Waals surface area contributed by atoms with Crippen LogP contribution in [0.5, 0.6) is 5.75 Å². The number of nitrogens with one attached hydrogen (secondary N) is 1. The number of fused-ring (bicyclic) bond motifs is 1. The molecule has 9 heteroatoms. The Bertz CT molecular complexity index is 947. The van der Waals surface area contributed by atoms with Crippen molar-refractivity contribution in [3.63, 3.8) is 0 Å². The van der Waals surface area contributed by atoms with Crippen molar-refractivity contribution in [1.82, 2.24) is 0 Å². The zero-order valence-electron chi connectivity index (χ0n) is 14.0. The number of nitrogens with zero attached hydrogens (tertiary/aromatic N) is 1. The molecule has 140 valence electrons. The lowest BCUT2D eigenvalue weighted by Crippen LogP contribution is -2.47. The molecule has 2 amide bonds. The maximum atomic E-state index is 12.5. The average molecular weight is 409 g/mol. The summed E-state index contributed by atoms with van der Waals surface area (Å²) in [7, 11) is 0. The van der Waals surface area contributed by atoms with Gasteiger partial charge in [-0.05, 0) is 43.3 Å². The van der Waals surface area contributed by atoms with Gasteiger partial charge in [-0.25, -0.2) is 4.79 Å². The second-order valence-electron chi connectivity index (χ2n) is 5.84. The molecule has 0 spiro atoms. The lowest BCUT2D eigenvalue weighted by atomic mass is 10.1. The van der Waals surface area contributed by atoms with Crippen LogP contribution in [0.4, 0.5) is 11.4 Å². The van der Waals surface area contributed by atoms with Gasteiger partial charge in [0.25, 0.3) is 5.91 Å². The lowest BCUT2D eigenvalue weighted by molar-refractivity contribution is -0.127. The van der Waals surface area contributed by atoms with Gasteiger partial charge < -0.3 is 15.2 Å². The Labute approximate surface area is 164 Å². The summed E-state index contributed by atoms with van der Waals surface area (Å²) in [5.74, 6) is -1.81. The van der Waals surface area contributed by atoms with Crippen molar-refractivity contribution < 1.29 is 24.2 Å². The van der Waals surface area contributed by atoms with Gasteiger partial charge in [0.2, 0.25) is 5.91 Å². The Balaban J connectivity index is 1.85. The minimum Gasteiger partial charge on any atom is -0.479 e. The van der Waals surface area contributed by atoms with Crippen molar-refractivity contribution in [2.24, 2.45) is 0 Å². The van der Waals surface area contributed by atoms with Crippen LogP contribution in [-0.2, 0) is 9.59 Å². The first-order valence-corrected chi connectivity index (χ1v) is 8.62. The number of rotatable bonds is 4. The molecule has 0 aromatic heterocycles. The molecule has 2 aromatic carbocycles. The highest BCUT2D eigenvalue weighted by molar-refractivity contribution is 6.35. The van der Waals surface area contributed by atoms with E-state index >= 15 is 0 Å². The van der Waals surface area contributed by atoms with Crippen molar-refractivity contribution >= 4 is 52.4 Å². The second kappa shape index (κ2) is 7.46. The van der Waals surface area contributed by atoms with E-state index in [1.807, 2.05) is 0 Å². The molecule has 27 heavy (non-hydrogen) atoms. The normalized spacial score (nSPS) is 15.7. The van der Waals surface area contributed by atoms with Crippen molar-refractivity contribution in [2.45, 2.75) is 13.0 Å². The molecule has 0 radical (unpaired) electrons. The third kappa shape index (κ3) is 3.99. The van der Waals surface area contributed by atoms with E-state index in [0.29, 0.717) is 21.4 Å². The maximum absolute atomic E-state index is 12.5. The summed E-state index contributed by atoms with van der Waals surface area (Å²) in [5.41, 5.74) is 0.658. The molecule has 1 aliphatic heterocycles. The van der Waals surface area contributed by atoms with Gasteiger partial charge in [0.05, 0.1) is 22.0 Å². The van der Waals surface area contributed by atoms with Crippen molar-refractivity contribution in [2.75, 3.05) is 16.8 Å². The van der Waals surface area contributed by atoms with E-state index in [4.69, 9.17) is 33.0 Å². The molecule has 0 fully saturated rings. The third-order valence-corrected chi connectivity index (χ3v) is 4.48. The number of anilines is 2. The van der Waals surface area contributed by atoms with Crippen LogP contribution in [0.1, 0.15) is 17.3 Å². The number of halogens is 2. The van der Waals surface area contributed by atoms with Crippen LogP contribution in [0, 0.1) is 0 Å². The Morgan fingerprint density at radius 3 is 2.67 bits per heavy atom. The summed E-state index contributed by atoms with van der Waals surface area (Å²) in [6, 6.07) is 8.72. The van der Waals surface area contributed by atoms with Crippen molar-refractivity contribution in [3.05, 3.63) is 52.0 Å². The number of carbonyl (C=O) groups excluding carboxylic acids is 2. The Morgan fingerprint density at radius 1 is 1.22 bits per heavy atom. The van der Waals surface area contributed by atoms with Crippen LogP contribution in [0.25, 0.3) is 0 Å². The van der Waals surface area contributed by atoms with Gasteiger partial charge in [0.1, 0.15) is 12.3 Å². The zero-order chi connectivity index (χ0) is 19.7. The fourth-order valence-corrected chi connectivity index (χ4v) is 2.97. The summed E-state index contributed by atoms with van der Waals surface area (Å²) in [6.45, 7) is 1.23. The van der Waals surface area contributed by atoms with Gasteiger partial charge in [0.15, 0.2) is 6.10 Å². The number of hydrogen-bond donors (Lipinski definition) is 2. The van der Waals surface area contributed by atoms with Crippen LogP contribution in [0.15, 0.2) is 36.4 Å². The molecule has 1 atom stereocenters. The number of amides is 2. The van der Waals surface area contributed by atoms with E-state index in [2.05, 4.69) is 5.32 Å². The fraction of sp³-hybridized carbons (Fsp3) is 0.167. The van der Waals surface area contributed by atoms with Crippen molar-refractivity contribution in [1.29, 1.82) is 0 Å². The monoisotopic (exact) mass is 408 g/mol. The Kier molecular flexibility index (Phi) is 5.25. The number of aromatic carboxylic acids is 1. The molecular weight excluding hydrogens is 395 g/mol. The summed E-state index contributed by atoms with van der Waals surface area (Å²) >= 11 is 11.9. The number of carboxylic acids is 1. The van der Waals surface area contributed by atoms with E-state index < -0.39 is 23.9 Å². The molecule has 0 bridgehead atoms. The first-order valence-electron chi connectivity index (χ1n) is 7.86. The molecule has 1 aliphatic rings. The predicted octanol–water partition coefficient (Wildman–Crippen LogP) is 3.44. The molecule has 2 N–H and O–H groups in total. The molecular formula is C18H14Cl2N2O5. The number of carboxylic acid groups (broad SMARTS) is 1. The van der Waals surface area contributed by atoms with E-state index in [1.165, 1.54) is 36.1 Å². The molecule has 7 nitrogen and oxygen atoms in total. The maximum Gasteiger partial charge on any atom is 0.335 e. The average Bonchev–Trinajstić information content (AvgIpc) is 2.61. The minimum atomic E-state index is -1.12. The zero-order valence-corrected chi connectivity index (χ0v) is 15.5. The molecule has 0 aliphatic carbocycles. The molecule has 0 saturated heterocycles. The van der Waals surface area contributed by atoms with E-state index in [0.717, 1.165) is 0 Å². The lowest BCUT2D eigenvalue weighted by Gasteiger charge is -2.32. The van der Waals surface area contributed by atoms with Gasteiger partial charge in [-0.1, -0.05) is 23.2 Å². The smallest absolute Gasteiger partial charge is 0.335 e. The largest absolute Gasteiger partial charge is 0.479 e. The molecule has 1 unspecified atom stereocenters. The number of hydrogen-bond acceptors (Lipinski definition) is 4. The highest BCUT2D eigenvalue weighted by atomic mass is 35.5. The summed E-state index contributed by atoms with van der Waals surface area (Å²) in [4.78, 5) is 37.3. The number of ether oxygens (including phenoxy) is 1. The highest BCUT2D eigenvalue weighted by Crippen LogP contribution is 2.35. The topological polar surface area (TPSA) is 95.9 Å². The fourth-order valence-electron chi connectivity index (χ4n) is 2.63. The quantitative estimate of drug-likeness (QED) is 0.807. The van der Waals surface area contributed by atoms with E-state index in [-0.39, 0.29) is 17.9 Å². The Hall–Kier alpha value is -2.77. The Morgan fingerprint density at radius 2 is 1.96 bits per heavy atom. The summed E-state index contributed by atoms with van der Waals surface area (Å²) < 4.78 is 5.48. The molecule has 0 saturated carbocycles. The summed E-state index contributed by atoms with van der Waals surface area (Å²) in [6.07, 6.45) is -0.857. The van der Waals surface area contributed by atoms with Crippen LogP contribution in [0.3, 0.4) is 0 Å². The van der Waals surface area contributed by atoms with Gasteiger partial charge in [-0.15, -0.1) is 0 Å². The standard InChI is InChI=1S/C18H14Cl2N2O5/c1-9-17(24)22(14-5-2-10(18(25)26)6-15(14)27-9)8-16(23)21-13-7-11(19)3-4-12(13)20/h2-7,9H,8H2,1H3,(H,21,23)(H,25,26). The van der Waals surface area contributed by atoms with E-state index in [1.54, 1.807) is 12.1 Å². The third-order valence-electron chi connectivity index (χ3n) is 3.92. The first kappa shape index (κ1) is 19.0. The second-order valence-corrected chi connectivity index (χ2v) is 6.69. The van der Waals surface area contributed by atoms with Gasteiger partial charge in [-0.2, -0.15) is 0 Å². The first-order chi connectivity index (χ1) is 12.8. The van der Waals surface area contributed by atoms with Gasteiger partial charge in [-0.3, -0.25) is 14.5 Å². The van der Waals surface area contributed by atoms with Gasteiger partial charge >= 0.3 is 5.97 Å². The van der Waals surface area contributed by atoms with Crippen LogP contribution in [-0.4, -0.2) is 35.5 Å². The minimum absolute atomic E-state index is 0.0189. The molecule has 2 aromatic rings. The number of carbonyl (C=O) groups is 3. The SMILES string of the molecule is CC1Oc2cc(C(=O)O)ccc2N(CC(=O)Nc2cc(Cl)ccc2Cl)C1=O. The van der Waals surface area contributed by atoms with Crippen LogP contribution >= 0.6 is 23.2 Å². The molecule has 1 heterocycles. The number of benzene rings is 2. The predicted molar refractivity (Wildman–Crippen MR) is 101 cm³/mol. The van der Waals surface area contributed by atoms with E-state index in [9.17, 15) is 14.4 Å².